The Hall–Kier alpha value is -4.49. The maximum absolute atomic E-state index is 14.0. The molecule has 1 aliphatic rings. The molecule has 1 aliphatic heterocycles. The van der Waals surface area contributed by atoms with Crippen molar-refractivity contribution in [2.24, 2.45) is 0 Å². The maximum Gasteiger partial charge on any atom is 0.318 e. The molecule has 3 aromatic carbocycles. The van der Waals surface area contributed by atoms with Gasteiger partial charge in [-0.2, -0.15) is 5.10 Å². The first kappa shape index (κ1) is 24.8. The highest BCUT2D eigenvalue weighted by Crippen LogP contribution is 2.38. The van der Waals surface area contributed by atoms with Crippen molar-refractivity contribution in [1.82, 2.24) is 24.6 Å². The number of nitrogens with zero attached hydrogens (tertiary/aromatic N) is 4. The van der Waals surface area contributed by atoms with E-state index < -0.39 is 0 Å². The number of ether oxygens (including phenoxy) is 1. The van der Waals surface area contributed by atoms with Crippen LogP contribution in [0.5, 0.6) is 5.75 Å². The third-order valence-electron chi connectivity index (χ3n) is 7.11. The number of rotatable bonds is 5. The predicted octanol–water partition coefficient (Wildman–Crippen LogP) is 6.45. The van der Waals surface area contributed by atoms with Crippen LogP contribution in [0.1, 0.15) is 34.1 Å². The first-order valence-corrected chi connectivity index (χ1v) is 13.2. The lowest BCUT2D eigenvalue weighted by Gasteiger charge is -2.31. The van der Waals surface area contributed by atoms with Gasteiger partial charge in [0.05, 0.1) is 36.8 Å². The Morgan fingerprint density at radius 2 is 1.82 bits per heavy atom. The second kappa shape index (κ2) is 10.3. The Morgan fingerprint density at radius 3 is 2.59 bits per heavy atom. The zero-order chi connectivity index (χ0) is 26.9. The predicted molar refractivity (Wildman–Crippen MR) is 152 cm³/mol. The Kier molecular flexibility index (Phi) is 6.59. The van der Waals surface area contributed by atoms with Crippen LogP contribution in [0, 0.1) is 6.92 Å². The summed E-state index contributed by atoms with van der Waals surface area (Å²) in [5, 5.41) is 8.69. The minimum Gasteiger partial charge on any atom is -0.497 e. The molecule has 0 fully saturated rings. The first-order chi connectivity index (χ1) is 19.0. The summed E-state index contributed by atoms with van der Waals surface area (Å²) >= 11 is 6.25. The number of hydrogen-bond donors (Lipinski definition) is 1. The molecule has 5 aromatic rings. The van der Waals surface area contributed by atoms with Crippen molar-refractivity contribution in [2.45, 2.75) is 26.1 Å². The normalized spacial score (nSPS) is 14.3. The summed E-state index contributed by atoms with van der Waals surface area (Å²) in [4.78, 5) is 15.9. The number of urea groups is 1. The van der Waals surface area contributed by atoms with Gasteiger partial charge in [0.15, 0.2) is 0 Å². The second-order valence-electron chi connectivity index (χ2n) is 9.53. The quantitative estimate of drug-likeness (QED) is 0.280. The average Bonchev–Trinajstić information content (AvgIpc) is 3.53. The molecule has 8 heteroatoms. The topological polar surface area (TPSA) is 64.3 Å². The van der Waals surface area contributed by atoms with Gasteiger partial charge in [-0.15, -0.1) is 0 Å². The van der Waals surface area contributed by atoms with Crippen LogP contribution in [0.2, 0.25) is 5.02 Å². The van der Waals surface area contributed by atoms with Gasteiger partial charge < -0.3 is 19.5 Å². The van der Waals surface area contributed by atoms with Crippen molar-refractivity contribution in [3.8, 4) is 17.3 Å². The first-order valence-electron chi connectivity index (χ1n) is 12.8. The van der Waals surface area contributed by atoms with Crippen molar-refractivity contribution in [3.63, 3.8) is 0 Å². The molecule has 0 radical (unpaired) electrons. The van der Waals surface area contributed by atoms with Crippen molar-refractivity contribution < 1.29 is 9.53 Å². The lowest BCUT2D eigenvalue weighted by Crippen LogP contribution is -2.41. The average molecular weight is 538 g/mol. The molecule has 0 unspecified atom stereocenters. The van der Waals surface area contributed by atoms with E-state index in [9.17, 15) is 4.79 Å². The van der Waals surface area contributed by atoms with Gasteiger partial charge in [0.25, 0.3) is 0 Å². The number of aryl methyl sites for hydroxylation is 1. The number of methoxy groups -OCH3 is 1. The van der Waals surface area contributed by atoms with Gasteiger partial charge in [0, 0.05) is 23.3 Å². The molecule has 0 bridgehead atoms. The fourth-order valence-corrected chi connectivity index (χ4v) is 5.33. The molecule has 0 saturated heterocycles. The van der Waals surface area contributed by atoms with E-state index in [2.05, 4.69) is 16.0 Å². The summed E-state index contributed by atoms with van der Waals surface area (Å²) in [6, 6.07) is 29.0. The van der Waals surface area contributed by atoms with Crippen LogP contribution in [-0.4, -0.2) is 32.4 Å². The number of fused-ring (bicyclic) bond motifs is 3. The van der Waals surface area contributed by atoms with Gasteiger partial charge in [-0.1, -0.05) is 54.1 Å². The number of para-hydroxylation sites is 1. The molecule has 196 valence electrons. The molecule has 6 rings (SSSR count). The fraction of sp³-hybridized carbons (Fsp3) is 0.161. The van der Waals surface area contributed by atoms with E-state index in [-0.39, 0.29) is 12.1 Å². The van der Waals surface area contributed by atoms with Crippen LogP contribution in [0.4, 0.5) is 4.79 Å². The third-order valence-corrected chi connectivity index (χ3v) is 7.36. The molecule has 2 amide bonds. The van der Waals surface area contributed by atoms with E-state index in [0.29, 0.717) is 18.1 Å². The number of halogens is 1. The fourth-order valence-electron chi connectivity index (χ4n) is 5.21. The van der Waals surface area contributed by atoms with Crippen LogP contribution < -0.4 is 10.1 Å². The number of carbonyl (C=O) groups is 1. The van der Waals surface area contributed by atoms with Crippen molar-refractivity contribution >= 4 is 17.6 Å². The van der Waals surface area contributed by atoms with Crippen molar-refractivity contribution in [1.29, 1.82) is 0 Å². The highest BCUT2D eigenvalue weighted by molar-refractivity contribution is 6.30. The number of aromatic nitrogens is 3. The molecule has 0 spiro atoms. The molecule has 0 aliphatic carbocycles. The number of carbonyl (C=O) groups excluding carboxylic acids is 1. The van der Waals surface area contributed by atoms with Crippen molar-refractivity contribution in [3.05, 3.63) is 130 Å². The number of benzene rings is 3. The largest absolute Gasteiger partial charge is 0.497 e. The summed E-state index contributed by atoms with van der Waals surface area (Å²) in [5.41, 5.74) is 5.71. The lowest BCUT2D eigenvalue weighted by atomic mass is 10.0. The number of hydrogen-bond acceptors (Lipinski definition) is 3. The monoisotopic (exact) mass is 537 g/mol. The van der Waals surface area contributed by atoms with Gasteiger partial charge in [0.1, 0.15) is 11.6 Å². The Balaban J connectivity index is 1.45. The van der Waals surface area contributed by atoms with Gasteiger partial charge in [0.2, 0.25) is 0 Å². The Labute approximate surface area is 232 Å². The molecule has 2 aromatic heterocycles. The molecule has 7 nitrogen and oxygen atoms in total. The van der Waals surface area contributed by atoms with Crippen LogP contribution in [0.25, 0.3) is 11.5 Å². The molecular weight excluding hydrogens is 510 g/mol. The van der Waals surface area contributed by atoms with Crippen LogP contribution in [0.15, 0.2) is 97.2 Å². The van der Waals surface area contributed by atoms with Crippen LogP contribution in [-0.2, 0) is 13.1 Å². The Morgan fingerprint density at radius 1 is 1.03 bits per heavy atom. The van der Waals surface area contributed by atoms with Crippen molar-refractivity contribution in [2.75, 3.05) is 7.11 Å². The number of amides is 2. The maximum atomic E-state index is 14.0. The highest BCUT2D eigenvalue weighted by Gasteiger charge is 2.35. The van der Waals surface area contributed by atoms with E-state index in [1.807, 2.05) is 108 Å². The molecule has 1 atom stereocenters. The smallest absolute Gasteiger partial charge is 0.318 e. The van der Waals surface area contributed by atoms with E-state index >= 15 is 0 Å². The van der Waals surface area contributed by atoms with Gasteiger partial charge in [-0.25, -0.2) is 9.48 Å². The van der Waals surface area contributed by atoms with E-state index in [1.165, 1.54) is 0 Å². The minimum absolute atomic E-state index is 0.176. The molecule has 1 N–H and O–H groups in total. The zero-order valence-electron chi connectivity index (χ0n) is 21.7. The molecule has 0 saturated carbocycles. The third kappa shape index (κ3) is 4.66. The summed E-state index contributed by atoms with van der Waals surface area (Å²) in [6.07, 6.45) is 2.04. The second-order valence-corrected chi connectivity index (χ2v) is 9.97. The van der Waals surface area contributed by atoms with Gasteiger partial charge in [-0.3, -0.25) is 0 Å². The molecular formula is C31H28ClN5O2. The summed E-state index contributed by atoms with van der Waals surface area (Å²) in [5.74, 6) is 1.68. The Bertz CT molecular complexity index is 1620. The highest BCUT2D eigenvalue weighted by atomic mass is 35.5. The SMILES string of the molecule is COc1cccc(CNC(=O)N2Cc3c(C)nn(-c4ccccc4)c3-n3cccc3[C@@H]2c2ccc(Cl)cc2)c1. The van der Waals surface area contributed by atoms with E-state index in [4.69, 9.17) is 21.4 Å². The van der Waals surface area contributed by atoms with E-state index in [0.717, 1.165) is 45.3 Å². The summed E-state index contributed by atoms with van der Waals surface area (Å²) in [6.45, 7) is 2.75. The molecule has 3 heterocycles. The summed E-state index contributed by atoms with van der Waals surface area (Å²) < 4.78 is 9.47. The van der Waals surface area contributed by atoms with E-state index in [1.54, 1.807) is 7.11 Å². The van der Waals surface area contributed by atoms with Crippen LogP contribution in [0.3, 0.4) is 0 Å². The standard InChI is InChI=1S/C31H28ClN5O2/c1-21-27-20-36(31(38)33-19-22-8-6-11-26(18-22)39-2)29(23-13-15-24(32)16-14-23)28-12-7-17-35(28)30(27)37(34-21)25-9-4-3-5-10-25/h3-18,29H,19-20H2,1-2H3,(H,33,38)/t29-/m0/s1. The minimum atomic E-state index is -0.349. The van der Waals surface area contributed by atoms with Gasteiger partial charge >= 0.3 is 6.03 Å². The van der Waals surface area contributed by atoms with Gasteiger partial charge in [-0.05, 0) is 66.6 Å². The zero-order valence-corrected chi connectivity index (χ0v) is 22.5. The van der Waals surface area contributed by atoms with Crippen LogP contribution >= 0.6 is 11.6 Å². The lowest BCUT2D eigenvalue weighted by molar-refractivity contribution is 0.180. The number of nitrogens with one attached hydrogen (secondary N) is 1. The molecule has 39 heavy (non-hydrogen) atoms. The summed E-state index contributed by atoms with van der Waals surface area (Å²) in [7, 11) is 1.64.